The molecule has 1 N–H and O–H groups in total. The van der Waals surface area contributed by atoms with Crippen LogP contribution in [-0.4, -0.2) is 35.8 Å². The van der Waals surface area contributed by atoms with Gasteiger partial charge in [-0.15, -0.1) is 0 Å². The first kappa shape index (κ1) is 13.4. The van der Waals surface area contributed by atoms with Crippen molar-refractivity contribution < 1.29 is 9.59 Å². The average molecular weight is 252 g/mol. The summed E-state index contributed by atoms with van der Waals surface area (Å²) in [6.45, 7) is 1.01. The van der Waals surface area contributed by atoms with E-state index in [2.05, 4.69) is 5.32 Å². The third-order valence-electron chi connectivity index (χ3n) is 3.98. The molecule has 0 radical (unpaired) electrons. The number of hydrogen-bond donors (Lipinski definition) is 1. The lowest BCUT2D eigenvalue weighted by Crippen LogP contribution is -2.44. The molecular formula is C14H24N2O2. The minimum absolute atomic E-state index is 0.0251. The van der Waals surface area contributed by atoms with Crippen molar-refractivity contribution in [2.24, 2.45) is 0 Å². The fourth-order valence-electron chi connectivity index (χ4n) is 2.90. The summed E-state index contributed by atoms with van der Waals surface area (Å²) in [6.07, 6.45) is 9.63. The van der Waals surface area contributed by atoms with Gasteiger partial charge in [-0.3, -0.25) is 9.59 Å². The van der Waals surface area contributed by atoms with Crippen LogP contribution in [0.15, 0.2) is 0 Å². The lowest BCUT2D eigenvalue weighted by atomic mass is 9.95. The summed E-state index contributed by atoms with van der Waals surface area (Å²) in [5.74, 6) is 0.170. The molecule has 102 valence electrons. The van der Waals surface area contributed by atoms with E-state index in [1.165, 1.54) is 19.3 Å². The predicted octanol–water partition coefficient (Wildman–Crippen LogP) is 1.84. The van der Waals surface area contributed by atoms with Crippen LogP contribution in [0.1, 0.15) is 57.8 Å². The van der Waals surface area contributed by atoms with Gasteiger partial charge in [-0.1, -0.05) is 25.7 Å². The first-order chi connectivity index (χ1) is 8.75. The van der Waals surface area contributed by atoms with Gasteiger partial charge in [-0.05, 0) is 25.7 Å². The molecule has 0 bridgehead atoms. The van der Waals surface area contributed by atoms with Gasteiger partial charge in [0.15, 0.2) is 0 Å². The minimum atomic E-state index is 0.0251. The van der Waals surface area contributed by atoms with E-state index in [0.29, 0.717) is 12.5 Å². The van der Waals surface area contributed by atoms with Crippen LogP contribution in [0.25, 0.3) is 0 Å². The summed E-state index contributed by atoms with van der Waals surface area (Å²) in [6, 6.07) is 0.341. The highest BCUT2D eigenvalue weighted by Gasteiger charge is 2.21. The standard InChI is InChI=1S/C14H24N2O2/c17-13(15-12-7-3-1-4-8-12)11-16-10-6-2-5-9-14(16)18/h12H,1-11H2,(H,15,17). The topological polar surface area (TPSA) is 49.4 Å². The summed E-state index contributed by atoms with van der Waals surface area (Å²) >= 11 is 0. The lowest BCUT2D eigenvalue weighted by molar-refractivity contribution is -0.135. The molecule has 2 amide bonds. The van der Waals surface area contributed by atoms with E-state index in [9.17, 15) is 9.59 Å². The Bertz CT molecular complexity index is 298. The Morgan fingerprint density at radius 1 is 1.11 bits per heavy atom. The molecule has 0 aromatic carbocycles. The Morgan fingerprint density at radius 2 is 1.83 bits per heavy atom. The zero-order valence-corrected chi connectivity index (χ0v) is 11.1. The molecule has 4 nitrogen and oxygen atoms in total. The van der Waals surface area contributed by atoms with Gasteiger partial charge < -0.3 is 10.2 Å². The number of nitrogens with one attached hydrogen (secondary N) is 1. The molecule has 18 heavy (non-hydrogen) atoms. The zero-order valence-electron chi connectivity index (χ0n) is 11.1. The molecule has 1 aliphatic carbocycles. The molecular weight excluding hydrogens is 228 g/mol. The highest BCUT2D eigenvalue weighted by Crippen LogP contribution is 2.17. The molecule has 0 spiro atoms. The zero-order chi connectivity index (χ0) is 12.8. The number of likely N-dealkylation sites (tertiary alicyclic amines) is 1. The quantitative estimate of drug-likeness (QED) is 0.833. The molecule has 2 fully saturated rings. The van der Waals surface area contributed by atoms with E-state index < -0.39 is 0 Å². The Labute approximate surface area is 109 Å². The normalized spacial score (nSPS) is 22.7. The summed E-state index contributed by atoms with van der Waals surface area (Å²) in [4.78, 5) is 25.4. The fraction of sp³-hybridized carbons (Fsp3) is 0.857. The van der Waals surface area contributed by atoms with Gasteiger partial charge in [0.2, 0.25) is 11.8 Å². The molecule has 1 saturated carbocycles. The number of nitrogens with zero attached hydrogens (tertiary/aromatic N) is 1. The van der Waals surface area contributed by atoms with Gasteiger partial charge in [0, 0.05) is 19.0 Å². The summed E-state index contributed by atoms with van der Waals surface area (Å²) in [5.41, 5.74) is 0. The van der Waals surface area contributed by atoms with E-state index in [1.807, 2.05) is 0 Å². The van der Waals surface area contributed by atoms with Crippen molar-refractivity contribution in [2.45, 2.75) is 63.8 Å². The van der Waals surface area contributed by atoms with Gasteiger partial charge in [0.1, 0.15) is 0 Å². The van der Waals surface area contributed by atoms with Gasteiger partial charge in [-0.2, -0.15) is 0 Å². The smallest absolute Gasteiger partial charge is 0.239 e. The molecule has 4 heteroatoms. The Morgan fingerprint density at radius 3 is 2.61 bits per heavy atom. The van der Waals surface area contributed by atoms with Crippen molar-refractivity contribution in [3.63, 3.8) is 0 Å². The SMILES string of the molecule is O=C(CN1CCCCCC1=O)NC1CCCCC1. The highest BCUT2D eigenvalue weighted by molar-refractivity contribution is 5.85. The summed E-state index contributed by atoms with van der Waals surface area (Å²) in [7, 11) is 0. The van der Waals surface area contributed by atoms with Crippen LogP contribution >= 0.6 is 0 Å². The maximum Gasteiger partial charge on any atom is 0.239 e. The van der Waals surface area contributed by atoms with Crippen LogP contribution in [0, 0.1) is 0 Å². The van der Waals surface area contributed by atoms with Crippen LogP contribution in [0.2, 0.25) is 0 Å². The van der Waals surface area contributed by atoms with E-state index in [-0.39, 0.29) is 18.4 Å². The van der Waals surface area contributed by atoms with Crippen molar-refractivity contribution in [1.82, 2.24) is 10.2 Å². The van der Waals surface area contributed by atoms with Crippen LogP contribution in [-0.2, 0) is 9.59 Å². The number of carbonyl (C=O) groups is 2. The van der Waals surface area contributed by atoms with E-state index in [4.69, 9.17) is 0 Å². The second kappa shape index (κ2) is 6.76. The third kappa shape index (κ3) is 4.00. The van der Waals surface area contributed by atoms with Crippen molar-refractivity contribution in [3.8, 4) is 0 Å². The van der Waals surface area contributed by atoms with Crippen molar-refractivity contribution >= 4 is 11.8 Å². The lowest BCUT2D eigenvalue weighted by Gasteiger charge is -2.25. The monoisotopic (exact) mass is 252 g/mol. The van der Waals surface area contributed by atoms with Crippen LogP contribution in [0.4, 0.5) is 0 Å². The first-order valence-corrected chi connectivity index (χ1v) is 7.33. The Kier molecular flexibility index (Phi) is 5.02. The van der Waals surface area contributed by atoms with E-state index >= 15 is 0 Å². The maximum atomic E-state index is 11.9. The van der Waals surface area contributed by atoms with Gasteiger partial charge in [0.05, 0.1) is 6.54 Å². The van der Waals surface area contributed by atoms with Crippen molar-refractivity contribution in [2.75, 3.05) is 13.1 Å². The van der Waals surface area contributed by atoms with Crippen molar-refractivity contribution in [1.29, 1.82) is 0 Å². The van der Waals surface area contributed by atoms with Gasteiger partial charge >= 0.3 is 0 Å². The second-order valence-corrected chi connectivity index (χ2v) is 5.53. The third-order valence-corrected chi connectivity index (χ3v) is 3.98. The largest absolute Gasteiger partial charge is 0.352 e. The molecule has 0 unspecified atom stereocenters. The van der Waals surface area contributed by atoms with Crippen LogP contribution < -0.4 is 5.32 Å². The average Bonchev–Trinajstić information content (AvgIpc) is 2.56. The highest BCUT2D eigenvalue weighted by atomic mass is 16.2. The Balaban J connectivity index is 1.76. The molecule has 0 aromatic rings. The molecule has 2 rings (SSSR count). The summed E-state index contributed by atoms with van der Waals surface area (Å²) in [5, 5.41) is 3.07. The van der Waals surface area contributed by atoms with Crippen molar-refractivity contribution in [3.05, 3.63) is 0 Å². The van der Waals surface area contributed by atoms with E-state index in [1.54, 1.807) is 4.90 Å². The second-order valence-electron chi connectivity index (χ2n) is 5.53. The number of rotatable bonds is 3. The molecule has 2 aliphatic rings. The minimum Gasteiger partial charge on any atom is -0.352 e. The molecule has 0 aromatic heterocycles. The fourth-order valence-corrected chi connectivity index (χ4v) is 2.90. The van der Waals surface area contributed by atoms with Gasteiger partial charge in [0.25, 0.3) is 0 Å². The predicted molar refractivity (Wildman–Crippen MR) is 70.1 cm³/mol. The van der Waals surface area contributed by atoms with Gasteiger partial charge in [-0.25, -0.2) is 0 Å². The van der Waals surface area contributed by atoms with E-state index in [0.717, 1.165) is 38.6 Å². The van der Waals surface area contributed by atoms with Crippen LogP contribution in [0.3, 0.4) is 0 Å². The number of carbonyl (C=O) groups excluding carboxylic acids is 2. The molecule has 0 atom stereocenters. The number of hydrogen-bond acceptors (Lipinski definition) is 2. The number of amides is 2. The molecule has 1 aliphatic heterocycles. The maximum absolute atomic E-state index is 11.9. The molecule has 1 heterocycles. The first-order valence-electron chi connectivity index (χ1n) is 7.33. The molecule has 1 saturated heterocycles. The Hall–Kier alpha value is -1.06. The summed E-state index contributed by atoms with van der Waals surface area (Å²) < 4.78 is 0. The van der Waals surface area contributed by atoms with Crippen LogP contribution in [0.5, 0.6) is 0 Å².